The molecule has 10 nitrogen and oxygen atoms in total. The lowest BCUT2D eigenvalue weighted by Crippen LogP contribution is -2.15. The van der Waals surface area contributed by atoms with Crippen LogP contribution in [0.2, 0.25) is 0 Å². The number of aryl methyl sites for hydroxylation is 2. The van der Waals surface area contributed by atoms with Gasteiger partial charge in [0.15, 0.2) is 5.82 Å². The van der Waals surface area contributed by atoms with E-state index in [1.54, 1.807) is 61.5 Å². The zero-order valence-corrected chi connectivity index (χ0v) is 34.4. The fraction of sp³-hybridized carbons (Fsp3) is 0.0667. The summed E-state index contributed by atoms with van der Waals surface area (Å²) in [6.07, 6.45) is -4.74. The molecule has 63 heavy (non-hydrogen) atoms. The van der Waals surface area contributed by atoms with Crippen molar-refractivity contribution in [2.45, 2.75) is 29.8 Å². The largest absolute Gasteiger partial charge is 0.457 e. The summed E-state index contributed by atoms with van der Waals surface area (Å²) in [5, 5.41) is 0.907. The number of halogens is 6. The Balaban J connectivity index is 0.000000191. The number of hydrogen-bond acceptors (Lipinski definition) is 8. The van der Waals surface area contributed by atoms with Gasteiger partial charge >= 0.3 is 6.18 Å². The maximum atomic E-state index is 14.7. The lowest BCUT2D eigenvalue weighted by atomic mass is 10.2. The normalized spacial score (nSPS) is 11.7. The number of anilines is 2. The smallest absolute Gasteiger partial charge is 0.416 e. The Morgan fingerprint density at radius 1 is 0.524 bits per heavy atom. The topological polar surface area (TPSA) is 137 Å². The second kappa shape index (κ2) is 17.7. The van der Waals surface area contributed by atoms with Crippen LogP contribution in [0, 0.1) is 31.3 Å². The van der Waals surface area contributed by atoms with Crippen molar-refractivity contribution in [3.8, 4) is 23.0 Å². The average molecular weight is 903 g/mol. The first-order chi connectivity index (χ1) is 29.8. The van der Waals surface area contributed by atoms with Gasteiger partial charge < -0.3 is 9.47 Å². The van der Waals surface area contributed by atoms with Crippen molar-refractivity contribution < 1.29 is 52.7 Å². The van der Waals surface area contributed by atoms with Gasteiger partial charge in [-0.15, -0.1) is 0 Å². The Morgan fingerprint density at radius 2 is 1.05 bits per heavy atom. The highest BCUT2D eigenvalue weighted by atomic mass is 32.2. The Labute approximate surface area is 356 Å². The van der Waals surface area contributed by atoms with Crippen LogP contribution in [0.5, 0.6) is 23.0 Å². The molecule has 0 aliphatic rings. The van der Waals surface area contributed by atoms with Crippen molar-refractivity contribution in [3.63, 3.8) is 0 Å². The summed E-state index contributed by atoms with van der Waals surface area (Å²) >= 11 is 0. The maximum absolute atomic E-state index is 14.7. The Kier molecular flexibility index (Phi) is 12.3. The highest BCUT2D eigenvalue weighted by molar-refractivity contribution is 7.93. The molecule has 0 unspecified atom stereocenters. The zero-order chi connectivity index (χ0) is 45.1. The average Bonchev–Trinajstić information content (AvgIpc) is 3.23. The first kappa shape index (κ1) is 43.9. The van der Waals surface area contributed by atoms with E-state index in [1.165, 1.54) is 54.6 Å². The summed E-state index contributed by atoms with van der Waals surface area (Å²) in [4.78, 5) is 8.16. The summed E-state index contributed by atoms with van der Waals surface area (Å²) < 4.78 is 147. The number of alkyl halides is 3. The molecule has 0 saturated heterocycles. The van der Waals surface area contributed by atoms with Crippen molar-refractivity contribution in [1.29, 1.82) is 0 Å². The molecule has 2 N–H and O–H groups in total. The molecule has 2 aromatic heterocycles. The van der Waals surface area contributed by atoms with E-state index in [9.17, 15) is 43.2 Å². The third-order valence-electron chi connectivity index (χ3n) is 8.99. The van der Waals surface area contributed by atoms with Crippen LogP contribution in [0.25, 0.3) is 21.8 Å². The van der Waals surface area contributed by atoms with Crippen molar-refractivity contribution in [2.75, 3.05) is 9.44 Å². The molecule has 0 amide bonds. The molecule has 8 rings (SSSR count). The fourth-order valence-corrected chi connectivity index (χ4v) is 8.29. The molecule has 0 aliphatic carbocycles. The molecule has 0 aliphatic heterocycles. The van der Waals surface area contributed by atoms with Gasteiger partial charge in [-0.05, 0) is 117 Å². The molecule has 18 heteroatoms. The van der Waals surface area contributed by atoms with Gasteiger partial charge in [0.1, 0.15) is 34.6 Å². The minimum atomic E-state index is -4.74. The number of fused-ring (bicyclic) bond motifs is 2. The molecule has 8 aromatic rings. The lowest BCUT2D eigenvalue weighted by molar-refractivity contribution is -0.137. The molecule has 0 fully saturated rings. The third-order valence-corrected chi connectivity index (χ3v) is 11.8. The molecular weight excluding hydrogens is 871 g/mol. The minimum Gasteiger partial charge on any atom is -0.457 e. The molecular formula is C45H32F6N4O6S2. The molecule has 6 aromatic carbocycles. The van der Waals surface area contributed by atoms with Gasteiger partial charge in [-0.2, -0.15) is 13.2 Å². The summed E-state index contributed by atoms with van der Waals surface area (Å²) in [5.41, 5.74) is 1.16. The number of nitrogens with one attached hydrogen (secondary N) is 2. The van der Waals surface area contributed by atoms with Crippen LogP contribution in [-0.2, 0) is 26.2 Å². The molecule has 0 saturated carbocycles. The molecule has 0 bridgehead atoms. The molecule has 0 radical (unpaired) electrons. The third kappa shape index (κ3) is 10.7. The van der Waals surface area contributed by atoms with Crippen LogP contribution in [0.1, 0.15) is 17.0 Å². The number of benzene rings is 6. The number of hydrogen-bond donors (Lipinski definition) is 2. The first-order valence-electron chi connectivity index (χ1n) is 18.5. The number of sulfonamides is 2. The van der Waals surface area contributed by atoms with E-state index >= 15 is 0 Å². The minimum absolute atomic E-state index is 0.0179. The number of ether oxygens (including phenoxy) is 2. The lowest BCUT2D eigenvalue weighted by Gasteiger charge is -2.13. The summed E-state index contributed by atoms with van der Waals surface area (Å²) in [6, 6.07) is 32.4. The van der Waals surface area contributed by atoms with Crippen LogP contribution in [0.15, 0.2) is 155 Å². The van der Waals surface area contributed by atoms with E-state index in [1.807, 2.05) is 11.6 Å². The van der Waals surface area contributed by atoms with Crippen LogP contribution < -0.4 is 18.9 Å². The fourth-order valence-electron chi connectivity index (χ4n) is 6.10. The molecule has 0 spiro atoms. The van der Waals surface area contributed by atoms with Gasteiger partial charge in [0, 0.05) is 46.0 Å². The van der Waals surface area contributed by atoms with Gasteiger partial charge in [-0.1, -0.05) is 24.3 Å². The predicted octanol–water partition coefficient (Wildman–Crippen LogP) is 11.7. The second-order valence-corrected chi connectivity index (χ2v) is 17.1. The zero-order valence-electron chi connectivity index (χ0n) is 32.8. The standard InChI is InChI=1S/C23H15F5N2O3S.C22H17FN2O3S/c1-13-9-22(18-11-15(24)5-7-20(18)29-13)33-16-6-8-21(19(25)12-16)30-34(31,32)17-4-2-3-14(10-17)23(26,27)28;1-15-13-22(20-14-16(23)7-12-21(20)24-15)28-18-10-8-17(9-11-18)25-29(26,27)19-5-3-2-4-6-19/h2-12,30H,1H3;2-14,25H,1H3. The monoisotopic (exact) mass is 902 g/mol. The second-order valence-electron chi connectivity index (χ2n) is 13.8. The van der Waals surface area contributed by atoms with E-state index in [0.29, 0.717) is 50.8 Å². The van der Waals surface area contributed by atoms with Gasteiger partial charge in [0.25, 0.3) is 20.0 Å². The van der Waals surface area contributed by atoms with E-state index < -0.39 is 54.0 Å². The quantitative estimate of drug-likeness (QED) is 0.129. The van der Waals surface area contributed by atoms with E-state index in [2.05, 4.69) is 14.7 Å². The highest BCUT2D eigenvalue weighted by Gasteiger charge is 2.32. The van der Waals surface area contributed by atoms with Crippen molar-refractivity contribution in [1.82, 2.24) is 9.97 Å². The molecule has 2 heterocycles. The molecule has 0 atom stereocenters. The number of nitrogens with zero attached hydrogens (tertiary/aromatic N) is 2. The summed E-state index contributed by atoms with van der Waals surface area (Å²) in [7, 11) is -8.18. The van der Waals surface area contributed by atoms with Crippen molar-refractivity contribution in [2.24, 2.45) is 0 Å². The van der Waals surface area contributed by atoms with E-state index in [0.717, 1.165) is 36.0 Å². The summed E-state index contributed by atoms with van der Waals surface area (Å²) in [6.45, 7) is 3.53. The SMILES string of the molecule is Cc1cc(Oc2ccc(NS(=O)(=O)c3cccc(C(F)(F)F)c3)c(F)c2)c2cc(F)ccc2n1.Cc1cc(Oc2ccc(NS(=O)(=O)c3ccccc3)cc2)c2cc(F)ccc2n1. The van der Waals surface area contributed by atoms with Crippen LogP contribution >= 0.6 is 0 Å². The maximum Gasteiger partial charge on any atom is 0.416 e. The van der Waals surface area contributed by atoms with Crippen LogP contribution in [0.3, 0.4) is 0 Å². The van der Waals surface area contributed by atoms with Crippen LogP contribution in [-0.4, -0.2) is 26.8 Å². The van der Waals surface area contributed by atoms with Gasteiger partial charge in [-0.3, -0.25) is 19.4 Å². The van der Waals surface area contributed by atoms with Gasteiger partial charge in [0.2, 0.25) is 0 Å². The van der Waals surface area contributed by atoms with Crippen LogP contribution in [0.4, 0.5) is 37.7 Å². The number of rotatable bonds is 10. The Morgan fingerprint density at radius 3 is 1.60 bits per heavy atom. The number of aromatic nitrogens is 2. The van der Waals surface area contributed by atoms with Crippen molar-refractivity contribution >= 4 is 53.2 Å². The number of pyridine rings is 2. The summed E-state index contributed by atoms with van der Waals surface area (Å²) in [5.74, 6) is -0.774. The first-order valence-corrected chi connectivity index (χ1v) is 21.5. The van der Waals surface area contributed by atoms with Gasteiger partial charge in [0.05, 0.1) is 32.1 Å². The Bertz CT molecular complexity index is 3210. The van der Waals surface area contributed by atoms with Gasteiger partial charge in [-0.25, -0.2) is 30.0 Å². The van der Waals surface area contributed by atoms with Crippen molar-refractivity contribution in [3.05, 3.63) is 180 Å². The highest BCUT2D eigenvalue weighted by Crippen LogP contribution is 2.35. The van der Waals surface area contributed by atoms with E-state index in [-0.39, 0.29) is 22.2 Å². The van der Waals surface area contributed by atoms with E-state index in [4.69, 9.17) is 9.47 Å². The predicted molar refractivity (Wildman–Crippen MR) is 225 cm³/mol. The Hall–Kier alpha value is -7.18. The molecule has 322 valence electrons.